The van der Waals surface area contributed by atoms with Crippen molar-refractivity contribution in [2.45, 2.75) is 31.6 Å². The van der Waals surface area contributed by atoms with Crippen LogP contribution in [0.15, 0.2) is 130 Å². The predicted octanol–water partition coefficient (Wildman–Crippen LogP) is 12.5. The molecule has 4 aromatic carbocycles. The summed E-state index contributed by atoms with van der Waals surface area (Å²) in [6.07, 6.45) is 19.9. The zero-order valence-electron chi connectivity index (χ0n) is 26.1. The van der Waals surface area contributed by atoms with Crippen LogP contribution in [-0.2, 0) is 12.8 Å². The van der Waals surface area contributed by atoms with Gasteiger partial charge >= 0.3 is 0 Å². The third-order valence-corrected chi connectivity index (χ3v) is 11.7. The number of fused-ring (bicyclic) bond motifs is 11. The normalized spacial score (nSPS) is 19.7. The highest BCUT2D eigenvalue weighted by Crippen LogP contribution is 2.51. The van der Waals surface area contributed by atoms with E-state index in [1.807, 2.05) is 17.4 Å². The smallest absolute Gasteiger partial charge is 0.136 e. The molecule has 10 rings (SSSR count). The zero-order valence-corrected chi connectivity index (χ0v) is 26.9. The van der Waals surface area contributed by atoms with E-state index < -0.39 is 0 Å². The molecule has 0 saturated carbocycles. The van der Waals surface area contributed by atoms with Crippen LogP contribution in [0.2, 0.25) is 0 Å². The summed E-state index contributed by atoms with van der Waals surface area (Å²) in [7, 11) is 0. The maximum Gasteiger partial charge on any atom is 0.136 e. The third kappa shape index (κ3) is 4.23. The number of thiophene rings is 1. The molecule has 0 fully saturated rings. The number of para-hydroxylation sites is 1. The minimum atomic E-state index is 0.250. The van der Waals surface area contributed by atoms with Gasteiger partial charge in [-0.15, -0.1) is 11.3 Å². The van der Waals surface area contributed by atoms with Gasteiger partial charge in [-0.25, -0.2) is 0 Å². The van der Waals surface area contributed by atoms with Gasteiger partial charge in [-0.2, -0.15) is 0 Å². The molecular weight excluding hydrogens is 593 g/mol. The molecule has 3 aliphatic rings. The van der Waals surface area contributed by atoms with Crippen LogP contribution < -0.4 is 0 Å². The maximum atomic E-state index is 6.61. The molecule has 2 nitrogen and oxygen atoms in total. The molecule has 47 heavy (non-hydrogen) atoms. The maximum absolute atomic E-state index is 6.61. The first-order chi connectivity index (χ1) is 23.2. The molecule has 0 saturated heterocycles. The van der Waals surface area contributed by atoms with Crippen molar-refractivity contribution in [3.63, 3.8) is 0 Å². The molecule has 3 aliphatic carbocycles. The number of hydrogen-bond donors (Lipinski definition) is 0. The van der Waals surface area contributed by atoms with Crippen LogP contribution in [-0.4, -0.2) is 0 Å². The van der Waals surface area contributed by atoms with Gasteiger partial charge in [-0.1, -0.05) is 110 Å². The lowest BCUT2D eigenvalue weighted by molar-refractivity contribution is 0.540. The van der Waals surface area contributed by atoms with Gasteiger partial charge in [0.2, 0.25) is 0 Å². The average molecular weight is 625 g/mol. The first kappa shape index (κ1) is 27.0. The number of furan rings is 2. The summed E-state index contributed by atoms with van der Waals surface area (Å²) in [4.78, 5) is 1.34. The van der Waals surface area contributed by atoms with Gasteiger partial charge in [0.05, 0.1) is 0 Å². The summed E-state index contributed by atoms with van der Waals surface area (Å²) in [6.45, 7) is 2.32. The number of rotatable bonds is 3. The molecule has 7 aromatic rings. The molecule has 3 atom stereocenters. The largest absolute Gasteiger partial charge is 0.456 e. The van der Waals surface area contributed by atoms with E-state index in [1.54, 1.807) is 0 Å². The van der Waals surface area contributed by atoms with Gasteiger partial charge in [0.15, 0.2) is 0 Å². The Bertz CT molecular complexity index is 2490. The lowest BCUT2D eigenvalue weighted by Gasteiger charge is -2.25. The van der Waals surface area contributed by atoms with Crippen molar-refractivity contribution >= 4 is 55.5 Å². The molecule has 0 bridgehead atoms. The highest BCUT2D eigenvalue weighted by molar-refractivity contribution is 7.23. The fourth-order valence-corrected chi connectivity index (χ4v) is 9.50. The van der Waals surface area contributed by atoms with Gasteiger partial charge in [0.1, 0.15) is 22.7 Å². The lowest BCUT2D eigenvalue weighted by Crippen LogP contribution is -2.10. The second-order valence-electron chi connectivity index (χ2n) is 13.2. The fraction of sp³-hybridized carbons (Fsp3) is 0.136. The van der Waals surface area contributed by atoms with Crippen LogP contribution in [0.3, 0.4) is 0 Å². The van der Waals surface area contributed by atoms with Gasteiger partial charge in [0.25, 0.3) is 0 Å². The van der Waals surface area contributed by atoms with Crippen LogP contribution in [0.4, 0.5) is 0 Å². The Morgan fingerprint density at radius 3 is 2.45 bits per heavy atom. The summed E-state index contributed by atoms with van der Waals surface area (Å²) in [5, 5.41) is 3.73. The minimum Gasteiger partial charge on any atom is -0.456 e. The van der Waals surface area contributed by atoms with Crippen molar-refractivity contribution in [1.29, 1.82) is 0 Å². The molecule has 0 N–H and O–H groups in total. The molecule has 0 spiro atoms. The van der Waals surface area contributed by atoms with Crippen LogP contribution in [0.1, 0.15) is 52.5 Å². The summed E-state index contributed by atoms with van der Waals surface area (Å²) in [6, 6.07) is 30.9. The van der Waals surface area contributed by atoms with Crippen molar-refractivity contribution in [2.24, 2.45) is 5.92 Å². The molecular formula is C44H32O2S. The van der Waals surface area contributed by atoms with E-state index in [0.717, 1.165) is 35.5 Å². The van der Waals surface area contributed by atoms with Crippen LogP contribution in [0, 0.1) is 5.92 Å². The monoisotopic (exact) mass is 624 g/mol. The van der Waals surface area contributed by atoms with Gasteiger partial charge in [0, 0.05) is 43.3 Å². The van der Waals surface area contributed by atoms with Crippen molar-refractivity contribution in [3.05, 3.63) is 155 Å². The Morgan fingerprint density at radius 2 is 1.53 bits per heavy atom. The number of hydrogen-bond acceptors (Lipinski definition) is 3. The van der Waals surface area contributed by atoms with E-state index >= 15 is 0 Å². The second kappa shape index (κ2) is 10.4. The van der Waals surface area contributed by atoms with Crippen LogP contribution in [0.25, 0.3) is 65.7 Å². The van der Waals surface area contributed by atoms with E-state index in [9.17, 15) is 0 Å². The van der Waals surface area contributed by atoms with Crippen LogP contribution in [0.5, 0.6) is 0 Å². The first-order valence-electron chi connectivity index (χ1n) is 16.6. The lowest BCUT2D eigenvalue weighted by atomic mass is 9.79. The van der Waals surface area contributed by atoms with Crippen molar-refractivity contribution < 1.29 is 8.83 Å². The summed E-state index contributed by atoms with van der Waals surface area (Å²) < 4.78 is 14.2. The Kier molecular flexibility index (Phi) is 6.01. The summed E-state index contributed by atoms with van der Waals surface area (Å²) >= 11 is 1.90. The Hall–Kier alpha value is -5.12. The topological polar surface area (TPSA) is 26.3 Å². The Morgan fingerprint density at radius 1 is 0.681 bits per heavy atom. The molecule has 0 amide bonds. The Labute approximate surface area is 277 Å². The minimum absolute atomic E-state index is 0.250. The fourth-order valence-electron chi connectivity index (χ4n) is 8.04. The van der Waals surface area contributed by atoms with Gasteiger partial charge in [-0.3, -0.25) is 0 Å². The standard InChI is InChI=1S/C44H32O2S/c1-26-10-5-6-13-32(26)31-23-29(27-11-3-2-4-12-27)22-30(24-31)28-18-20-38-36(25-28)42-39(46-38)17-9-15-33-34-19-21-40-41(44(34)47-43(33)42)35-14-7-8-16-37(35)45-40/h2-14,16-24,26,28,32H,15,25H2,1H3. The highest BCUT2D eigenvalue weighted by atomic mass is 32.1. The molecule has 0 radical (unpaired) electrons. The molecule has 3 aromatic heterocycles. The number of allylic oxidation sites excluding steroid dienone is 6. The van der Waals surface area contributed by atoms with Crippen molar-refractivity contribution in [1.82, 2.24) is 0 Å². The SMILES string of the molecule is CC1C=CC=CC1c1cc(-c2ccccc2)cc(C2C=Cc3oc4c(c3C2)-c2sc3c(ccc5oc6ccccc6c53)c2CC=C4)c1. The molecule has 0 aliphatic heterocycles. The van der Waals surface area contributed by atoms with Gasteiger partial charge < -0.3 is 8.83 Å². The molecule has 3 heterocycles. The molecule has 3 heteroatoms. The van der Waals surface area contributed by atoms with Crippen molar-refractivity contribution in [3.8, 4) is 21.6 Å². The Balaban J connectivity index is 1.12. The second-order valence-corrected chi connectivity index (χ2v) is 14.2. The molecule has 226 valence electrons. The quantitative estimate of drug-likeness (QED) is 0.195. The van der Waals surface area contributed by atoms with Crippen molar-refractivity contribution in [2.75, 3.05) is 0 Å². The molecule has 3 unspecified atom stereocenters. The first-order valence-corrected chi connectivity index (χ1v) is 17.4. The highest BCUT2D eigenvalue weighted by Gasteiger charge is 2.30. The van der Waals surface area contributed by atoms with Crippen LogP contribution >= 0.6 is 11.3 Å². The number of benzene rings is 4. The van der Waals surface area contributed by atoms with E-state index in [4.69, 9.17) is 8.83 Å². The zero-order chi connectivity index (χ0) is 31.1. The van der Waals surface area contributed by atoms with E-state index in [0.29, 0.717) is 11.8 Å². The van der Waals surface area contributed by atoms with E-state index in [1.165, 1.54) is 64.7 Å². The average Bonchev–Trinajstić information content (AvgIpc) is 3.75. The third-order valence-electron chi connectivity index (χ3n) is 10.4. The summed E-state index contributed by atoms with van der Waals surface area (Å²) in [5.74, 6) is 3.03. The summed E-state index contributed by atoms with van der Waals surface area (Å²) in [5.41, 5.74) is 11.2. The van der Waals surface area contributed by atoms with Gasteiger partial charge in [-0.05, 0) is 82.3 Å². The van der Waals surface area contributed by atoms with E-state index in [-0.39, 0.29) is 5.92 Å². The predicted molar refractivity (Wildman–Crippen MR) is 197 cm³/mol. The van der Waals surface area contributed by atoms with E-state index in [2.05, 4.69) is 134 Å².